The quantitative estimate of drug-likeness (QED) is 0.689. The molecular weight excluding hydrogens is 328 g/mol. The molecule has 0 N–H and O–H groups in total. The number of benzene rings is 2. The van der Waals surface area contributed by atoms with E-state index in [1.54, 1.807) is 0 Å². The maximum absolute atomic E-state index is 3.49. The van der Waals surface area contributed by atoms with Crippen LogP contribution < -0.4 is 0 Å². The van der Waals surface area contributed by atoms with Gasteiger partial charge in [-0.2, -0.15) is 0 Å². The number of rotatable bonds is 3. The topological polar surface area (TPSA) is 0 Å². The summed E-state index contributed by atoms with van der Waals surface area (Å²) in [5, 5.41) is 0. The van der Waals surface area contributed by atoms with Crippen molar-refractivity contribution in [3.05, 3.63) is 60.2 Å². The molecule has 2 rings (SSSR count). The van der Waals surface area contributed by atoms with Gasteiger partial charge >= 0.3 is 0 Å². The lowest BCUT2D eigenvalue weighted by atomic mass is 10.0. The van der Waals surface area contributed by atoms with Gasteiger partial charge in [-0.15, -0.1) is 0 Å². The van der Waals surface area contributed by atoms with Crippen molar-refractivity contribution in [3.63, 3.8) is 0 Å². The zero-order valence-corrected chi connectivity index (χ0v) is 11.9. The van der Waals surface area contributed by atoms with Gasteiger partial charge in [0.05, 0.1) is 3.74 Å². The first-order valence-electron chi connectivity index (χ1n) is 5.18. The monoisotopic (exact) mass is 338 g/mol. The second-order valence-corrected chi connectivity index (χ2v) is 7.10. The second kappa shape index (κ2) is 5.65. The molecule has 0 aromatic heterocycles. The van der Waals surface area contributed by atoms with E-state index in [1.165, 1.54) is 16.7 Å². The van der Waals surface area contributed by atoms with E-state index < -0.39 is 0 Å². The van der Waals surface area contributed by atoms with E-state index in [2.05, 4.69) is 80.4 Å². The highest BCUT2D eigenvalue weighted by molar-refractivity contribution is 9.24. The largest absolute Gasteiger partial charge is 0.0761 e. The molecular formula is C14H12Br2. The predicted molar refractivity (Wildman–Crippen MR) is 77.2 cm³/mol. The van der Waals surface area contributed by atoms with E-state index in [0.29, 0.717) is 3.74 Å². The summed E-state index contributed by atoms with van der Waals surface area (Å²) < 4.78 is 0.350. The third-order valence-corrected chi connectivity index (χ3v) is 3.10. The van der Waals surface area contributed by atoms with E-state index in [-0.39, 0.29) is 0 Å². The van der Waals surface area contributed by atoms with E-state index in [1.807, 2.05) is 6.07 Å². The van der Waals surface area contributed by atoms with Gasteiger partial charge in [0.25, 0.3) is 0 Å². The molecule has 0 saturated heterocycles. The number of hydrogen-bond donors (Lipinski definition) is 0. The highest BCUT2D eigenvalue weighted by atomic mass is 79.9. The fourth-order valence-electron chi connectivity index (χ4n) is 1.64. The minimum Gasteiger partial charge on any atom is -0.0761 e. The third-order valence-electron chi connectivity index (χ3n) is 2.45. The van der Waals surface area contributed by atoms with Gasteiger partial charge in [-0.05, 0) is 23.1 Å². The summed E-state index contributed by atoms with van der Waals surface area (Å²) >= 11 is 6.98. The van der Waals surface area contributed by atoms with Crippen molar-refractivity contribution in [1.82, 2.24) is 0 Å². The second-order valence-electron chi connectivity index (χ2n) is 3.66. The van der Waals surface area contributed by atoms with Crippen molar-refractivity contribution in [1.29, 1.82) is 0 Å². The first-order chi connectivity index (χ1) is 7.75. The van der Waals surface area contributed by atoms with E-state index in [9.17, 15) is 0 Å². The van der Waals surface area contributed by atoms with Crippen molar-refractivity contribution in [3.8, 4) is 11.1 Å². The van der Waals surface area contributed by atoms with Crippen LogP contribution in [-0.2, 0) is 6.42 Å². The van der Waals surface area contributed by atoms with Crippen LogP contribution in [0.15, 0.2) is 54.6 Å². The lowest BCUT2D eigenvalue weighted by Gasteiger charge is -2.05. The molecule has 0 saturated carbocycles. The SMILES string of the molecule is BrC(Br)Cc1ccc(-c2ccccc2)cc1. The molecule has 2 aromatic rings. The maximum atomic E-state index is 3.49. The Bertz CT molecular complexity index is 432. The van der Waals surface area contributed by atoms with Crippen molar-refractivity contribution >= 4 is 31.9 Å². The molecule has 16 heavy (non-hydrogen) atoms. The molecule has 82 valence electrons. The molecule has 2 heteroatoms. The molecule has 0 aliphatic heterocycles. The average molecular weight is 340 g/mol. The standard InChI is InChI=1S/C14H12Br2/c15-14(16)10-11-6-8-13(9-7-11)12-4-2-1-3-5-12/h1-9,14H,10H2. The first-order valence-corrected chi connectivity index (χ1v) is 7.01. The Kier molecular flexibility index (Phi) is 4.19. The van der Waals surface area contributed by atoms with Crippen molar-refractivity contribution in [2.45, 2.75) is 10.2 Å². The molecule has 0 nitrogen and oxygen atoms in total. The average Bonchev–Trinajstić information content (AvgIpc) is 2.30. The Morgan fingerprint density at radius 3 is 1.88 bits per heavy atom. The normalized spacial score (nSPS) is 10.7. The number of hydrogen-bond acceptors (Lipinski definition) is 0. The zero-order chi connectivity index (χ0) is 11.4. The van der Waals surface area contributed by atoms with Crippen LogP contribution >= 0.6 is 31.9 Å². The Morgan fingerprint density at radius 1 is 0.750 bits per heavy atom. The lowest BCUT2D eigenvalue weighted by molar-refractivity contribution is 1.13. The zero-order valence-electron chi connectivity index (χ0n) is 8.74. The van der Waals surface area contributed by atoms with Gasteiger partial charge in [-0.3, -0.25) is 0 Å². The van der Waals surface area contributed by atoms with E-state index in [0.717, 1.165) is 6.42 Å². The van der Waals surface area contributed by atoms with Gasteiger partial charge in [-0.1, -0.05) is 86.5 Å². The van der Waals surface area contributed by atoms with Gasteiger partial charge in [0.1, 0.15) is 0 Å². The fraction of sp³-hybridized carbons (Fsp3) is 0.143. The predicted octanol–water partition coefficient (Wildman–Crippen LogP) is 5.01. The van der Waals surface area contributed by atoms with Crippen LogP contribution in [-0.4, -0.2) is 3.74 Å². The summed E-state index contributed by atoms with van der Waals surface area (Å²) in [6.07, 6.45) is 0.995. The van der Waals surface area contributed by atoms with Gasteiger partial charge in [0.15, 0.2) is 0 Å². The third kappa shape index (κ3) is 3.19. The first kappa shape index (κ1) is 11.9. The Morgan fingerprint density at radius 2 is 1.31 bits per heavy atom. The molecule has 0 unspecified atom stereocenters. The Balaban J connectivity index is 2.20. The smallest absolute Gasteiger partial charge is 0.0738 e. The van der Waals surface area contributed by atoms with E-state index in [4.69, 9.17) is 0 Å². The Labute approximate surface area is 113 Å². The maximum Gasteiger partial charge on any atom is 0.0738 e. The fourth-order valence-corrected chi connectivity index (χ4v) is 2.39. The summed E-state index contributed by atoms with van der Waals surface area (Å²) in [5.41, 5.74) is 3.87. The van der Waals surface area contributed by atoms with Crippen LogP contribution in [0.1, 0.15) is 5.56 Å². The molecule has 0 bridgehead atoms. The summed E-state index contributed by atoms with van der Waals surface area (Å²) in [7, 11) is 0. The van der Waals surface area contributed by atoms with Crippen LogP contribution in [0.3, 0.4) is 0 Å². The molecule has 0 spiro atoms. The Hall–Kier alpha value is -0.600. The number of alkyl halides is 2. The van der Waals surface area contributed by atoms with Crippen LogP contribution in [0.2, 0.25) is 0 Å². The summed E-state index contributed by atoms with van der Waals surface area (Å²) in [6, 6.07) is 19.1. The van der Waals surface area contributed by atoms with E-state index >= 15 is 0 Å². The summed E-state index contributed by atoms with van der Waals surface area (Å²) in [4.78, 5) is 0. The van der Waals surface area contributed by atoms with Gasteiger partial charge in [0.2, 0.25) is 0 Å². The van der Waals surface area contributed by atoms with Crippen LogP contribution in [0, 0.1) is 0 Å². The minimum atomic E-state index is 0.350. The minimum absolute atomic E-state index is 0.350. The van der Waals surface area contributed by atoms with Crippen LogP contribution in [0.25, 0.3) is 11.1 Å². The molecule has 0 aliphatic carbocycles. The molecule has 0 aliphatic rings. The summed E-state index contributed by atoms with van der Waals surface area (Å²) in [6.45, 7) is 0. The highest BCUT2D eigenvalue weighted by Crippen LogP contribution is 2.21. The van der Waals surface area contributed by atoms with Gasteiger partial charge < -0.3 is 0 Å². The molecule has 0 heterocycles. The molecule has 0 amide bonds. The van der Waals surface area contributed by atoms with Crippen molar-refractivity contribution in [2.75, 3.05) is 0 Å². The van der Waals surface area contributed by atoms with Crippen LogP contribution in [0.5, 0.6) is 0 Å². The molecule has 2 aromatic carbocycles. The highest BCUT2D eigenvalue weighted by Gasteiger charge is 2.01. The molecule has 0 atom stereocenters. The van der Waals surface area contributed by atoms with Gasteiger partial charge in [0, 0.05) is 0 Å². The summed E-state index contributed by atoms with van der Waals surface area (Å²) in [5.74, 6) is 0. The van der Waals surface area contributed by atoms with Crippen molar-refractivity contribution < 1.29 is 0 Å². The van der Waals surface area contributed by atoms with Crippen LogP contribution in [0.4, 0.5) is 0 Å². The molecule has 0 radical (unpaired) electrons. The molecule has 0 fully saturated rings. The van der Waals surface area contributed by atoms with Gasteiger partial charge in [-0.25, -0.2) is 0 Å². The van der Waals surface area contributed by atoms with Crippen molar-refractivity contribution in [2.24, 2.45) is 0 Å². The lowest BCUT2D eigenvalue weighted by Crippen LogP contribution is -1.92. The number of halogens is 2.